The molecule has 2 rings (SSSR count). The molecule has 0 saturated carbocycles. The number of hydrogen-bond acceptors (Lipinski definition) is 4. The van der Waals surface area contributed by atoms with Crippen molar-refractivity contribution in [2.45, 2.75) is 25.4 Å². The van der Waals surface area contributed by atoms with Crippen molar-refractivity contribution in [3.63, 3.8) is 0 Å². The molecule has 0 saturated heterocycles. The van der Waals surface area contributed by atoms with Gasteiger partial charge in [0.1, 0.15) is 0 Å². The van der Waals surface area contributed by atoms with Gasteiger partial charge in [-0.15, -0.1) is 0 Å². The van der Waals surface area contributed by atoms with Gasteiger partial charge >= 0.3 is 6.18 Å². The van der Waals surface area contributed by atoms with Crippen molar-refractivity contribution in [3.05, 3.63) is 64.1 Å². The average Bonchev–Trinajstić information content (AvgIpc) is 2.49. The summed E-state index contributed by atoms with van der Waals surface area (Å²) in [7, 11) is 1.78. The molecule has 0 amide bonds. The lowest BCUT2D eigenvalue weighted by atomic mass is 10.2. The smallest absolute Gasteiger partial charge is 0.390 e. The summed E-state index contributed by atoms with van der Waals surface area (Å²) in [6.07, 6.45) is -5.66. The molecule has 0 aliphatic carbocycles. The molecule has 130 valence electrons. The second-order valence-corrected chi connectivity index (χ2v) is 5.57. The van der Waals surface area contributed by atoms with Crippen LogP contribution in [0.1, 0.15) is 11.3 Å². The van der Waals surface area contributed by atoms with Gasteiger partial charge in [-0.3, -0.25) is 9.69 Å². The number of benzene rings is 1. The Labute approximate surface area is 137 Å². The number of alkyl halides is 3. The molecular weight excluding hydrogens is 323 g/mol. The molecule has 0 aliphatic rings. The Kier molecular flexibility index (Phi) is 5.74. The van der Waals surface area contributed by atoms with Crippen LogP contribution in [0.5, 0.6) is 0 Å². The molecule has 0 radical (unpaired) electrons. The SMILES string of the molecule is CN(Cc1ccccc1)CC(O)Cn1nc(C(F)(F)F)ccc1=O. The molecule has 1 aromatic heterocycles. The highest BCUT2D eigenvalue weighted by molar-refractivity contribution is 5.14. The third-order valence-corrected chi connectivity index (χ3v) is 3.36. The van der Waals surface area contributed by atoms with Gasteiger partial charge in [0.2, 0.25) is 0 Å². The molecule has 0 bridgehead atoms. The molecule has 1 N–H and O–H groups in total. The molecule has 0 aliphatic heterocycles. The van der Waals surface area contributed by atoms with Gasteiger partial charge < -0.3 is 5.11 Å². The van der Waals surface area contributed by atoms with Crippen LogP contribution in [0.3, 0.4) is 0 Å². The first-order valence-electron chi connectivity index (χ1n) is 7.31. The number of nitrogens with zero attached hydrogens (tertiary/aromatic N) is 3. The van der Waals surface area contributed by atoms with Crippen LogP contribution in [0.4, 0.5) is 13.2 Å². The van der Waals surface area contributed by atoms with E-state index in [0.717, 1.165) is 11.6 Å². The molecule has 1 aromatic carbocycles. The van der Waals surface area contributed by atoms with E-state index in [1.165, 1.54) is 0 Å². The maximum atomic E-state index is 12.6. The van der Waals surface area contributed by atoms with Gasteiger partial charge in [-0.1, -0.05) is 30.3 Å². The highest BCUT2D eigenvalue weighted by Crippen LogP contribution is 2.26. The summed E-state index contributed by atoms with van der Waals surface area (Å²) in [5.74, 6) is 0. The van der Waals surface area contributed by atoms with Crippen LogP contribution in [0.2, 0.25) is 0 Å². The molecule has 0 spiro atoms. The van der Waals surface area contributed by atoms with Gasteiger partial charge in [-0.05, 0) is 18.7 Å². The minimum absolute atomic E-state index is 0.194. The summed E-state index contributed by atoms with van der Waals surface area (Å²) in [6.45, 7) is 0.462. The van der Waals surface area contributed by atoms with Crippen molar-refractivity contribution in [1.29, 1.82) is 0 Å². The van der Waals surface area contributed by atoms with Crippen LogP contribution in [0.25, 0.3) is 0 Å². The molecule has 8 heteroatoms. The van der Waals surface area contributed by atoms with Gasteiger partial charge in [-0.25, -0.2) is 4.68 Å². The molecule has 1 unspecified atom stereocenters. The second kappa shape index (κ2) is 7.59. The molecule has 5 nitrogen and oxygen atoms in total. The van der Waals surface area contributed by atoms with Crippen molar-refractivity contribution < 1.29 is 18.3 Å². The Hall–Kier alpha value is -2.19. The predicted octanol–water partition coefficient (Wildman–Crippen LogP) is 1.76. The molecule has 0 fully saturated rings. The lowest BCUT2D eigenvalue weighted by Crippen LogP contribution is -2.36. The van der Waals surface area contributed by atoms with Crippen LogP contribution >= 0.6 is 0 Å². The summed E-state index contributed by atoms with van der Waals surface area (Å²) in [4.78, 5) is 13.4. The monoisotopic (exact) mass is 341 g/mol. The number of likely N-dealkylation sites (N-methyl/N-ethyl adjacent to an activating group) is 1. The van der Waals surface area contributed by atoms with Gasteiger partial charge in [0.05, 0.1) is 12.6 Å². The molecule has 1 heterocycles. The number of aromatic nitrogens is 2. The Morgan fingerprint density at radius 3 is 2.50 bits per heavy atom. The third-order valence-electron chi connectivity index (χ3n) is 3.36. The lowest BCUT2D eigenvalue weighted by molar-refractivity contribution is -0.142. The van der Waals surface area contributed by atoms with Crippen LogP contribution in [-0.4, -0.2) is 39.5 Å². The first-order valence-corrected chi connectivity index (χ1v) is 7.31. The maximum Gasteiger partial charge on any atom is 0.435 e. The normalized spacial score (nSPS) is 13.2. The Balaban J connectivity index is 1.99. The zero-order chi connectivity index (χ0) is 17.7. The zero-order valence-electron chi connectivity index (χ0n) is 13.1. The largest absolute Gasteiger partial charge is 0.435 e. The Morgan fingerprint density at radius 1 is 1.21 bits per heavy atom. The zero-order valence-corrected chi connectivity index (χ0v) is 13.1. The fraction of sp³-hybridized carbons (Fsp3) is 0.375. The van der Waals surface area contributed by atoms with E-state index in [2.05, 4.69) is 5.10 Å². The number of aliphatic hydroxyl groups excluding tert-OH is 1. The Bertz CT molecular complexity index is 716. The van der Waals surface area contributed by atoms with E-state index in [0.29, 0.717) is 17.3 Å². The molecule has 24 heavy (non-hydrogen) atoms. The quantitative estimate of drug-likeness (QED) is 0.870. The number of hydrogen-bond donors (Lipinski definition) is 1. The molecule has 2 aromatic rings. The number of halogens is 3. The van der Waals surface area contributed by atoms with Crippen LogP contribution in [0, 0.1) is 0 Å². The minimum Gasteiger partial charge on any atom is -0.390 e. The van der Waals surface area contributed by atoms with E-state index in [9.17, 15) is 23.1 Å². The Morgan fingerprint density at radius 2 is 1.88 bits per heavy atom. The number of rotatable bonds is 6. The second-order valence-electron chi connectivity index (χ2n) is 5.57. The summed E-state index contributed by atoms with van der Waals surface area (Å²) in [5, 5.41) is 13.3. The van der Waals surface area contributed by atoms with Gasteiger partial charge in [0.15, 0.2) is 5.69 Å². The standard InChI is InChI=1S/C16H18F3N3O2/c1-21(9-12-5-3-2-4-6-12)10-13(23)11-22-15(24)8-7-14(20-22)16(17,18)19/h2-8,13,23H,9-11H2,1H3. The fourth-order valence-electron chi connectivity index (χ4n) is 2.31. The first-order chi connectivity index (χ1) is 11.3. The topological polar surface area (TPSA) is 58.4 Å². The summed E-state index contributed by atoms with van der Waals surface area (Å²) in [5.41, 5.74) is -0.804. The third kappa shape index (κ3) is 5.17. The van der Waals surface area contributed by atoms with Gasteiger partial charge in [-0.2, -0.15) is 18.3 Å². The fourth-order valence-corrected chi connectivity index (χ4v) is 2.31. The van der Waals surface area contributed by atoms with Crippen molar-refractivity contribution in [3.8, 4) is 0 Å². The number of aliphatic hydroxyl groups is 1. The maximum absolute atomic E-state index is 12.6. The van der Waals surface area contributed by atoms with Crippen LogP contribution < -0.4 is 5.56 Å². The van der Waals surface area contributed by atoms with E-state index in [4.69, 9.17) is 0 Å². The van der Waals surface area contributed by atoms with Crippen molar-refractivity contribution in [2.24, 2.45) is 0 Å². The van der Waals surface area contributed by atoms with Gasteiger partial charge in [0.25, 0.3) is 5.56 Å². The van der Waals surface area contributed by atoms with E-state index in [1.54, 1.807) is 7.05 Å². The van der Waals surface area contributed by atoms with Crippen molar-refractivity contribution >= 4 is 0 Å². The van der Waals surface area contributed by atoms with Crippen LogP contribution in [-0.2, 0) is 19.3 Å². The summed E-state index contributed by atoms with van der Waals surface area (Å²) < 4.78 is 38.6. The lowest BCUT2D eigenvalue weighted by Gasteiger charge is -2.21. The minimum atomic E-state index is -4.63. The van der Waals surface area contributed by atoms with Crippen molar-refractivity contribution in [2.75, 3.05) is 13.6 Å². The van der Waals surface area contributed by atoms with Crippen molar-refractivity contribution in [1.82, 2.24) is 14.7 Å². The highest BCUT2D eigenvalue weighted by atomic mass is 19.4. The molecule has 1 atom stereocenters. The van der Waals surface area contributed by atoms with Crippen LogP contribution in [0.15, 0.2) is 47.3 Å². The molecular formula is C16H18F3N3O2. The average molecular weight is 341 g/mol. The summed E-state index contributed by atoms with van der Waals surface area (Å²) >= 11 is 0. The van der Waals surface area contributed by atoms with E-state index >= 15 is 0 Å². The highest BCUT2D eigenvalue weighted by Gasteiger charge is 2.33. The van der Waals surface area contributed by atoms with E-state index in [-0.39, 0.29) is 13.1 Å². The van der Waals surface area contributed by atoms with E-state index in [1.807, 2.05) is 35.2 Å². The van der Waals surface area contributed by atoms with E-state index < -0.39 is 23.5 Å². The predicted molar refractivity (Wildman–Crippen MR) is 82.3 cm³/mol. The summed E-state index contributed by atoms with van der Waals surface area (Å²) in [6, 6.07) is 11.0. The van der Waals surface area contributed by atoms with Gasteiger partial charge in [0, 0.05) is 19.2 Å². The first kappa shape index (κ1) is 18.2.